The van der Waals surface area contributed by atoms with Gasteiger partial charge in [0.05, 0.1) is 47.5 Å². The normalized spacial score (nSPS) is 17.0. The van der Waals surface area contributed by atoms with Crippen molar-refractivity contribution in [3.05, 3.63) is 0 Å². The molecular weight excluding hydrogens is 621 g/mol. The van der Waals surface area contributed by atoms with Gasteiger partial charge in [-0.05, 0) is 61.2 Å². The van der Waals surface area contributed by atoms with E-state index in [2.05, 4.69) is 76.5 Å². The lowest BCUT2D eigenvalue weighted by Crippen LogP contribution is -2.35. The maximum Gasteiger partial charge on any atom is 0.472 e. The Balaban J connectivity index is 4.52. The predicted molar refractivity (Wildman–Crippen MR) is 205 cm³/mol. The standard InChI is InChI=1S/C40H84NO6P/c1-34(2)18-14-20-36(5)22-16-23-37(6)24-17-25-39(8)27-31-45-40(32-44-30-26-38(7)21-15-19-35(3)4)33-47-48(42,43)46-29-13-12-28-41(9,10)11/h34-40H,12-33H2,1-11H3/p+1. The topological polar surface area (TPSA) is 74.2 Å². The van der Waals surface area contributed by atoms with Crippen LogP contribution >= 0.6 is 7.82 Å². The Hall–Kier alpha value is -0.0100. The van der Waals surface area contributed by atoms with Crippen molar-refractivity contribution in [3.8, 4) is 0 Å². The van der Waals surface area contributed by atoms with Gasteiger partial charge in [-0.15, -0.1) is 0 Å². The van der Waals surface area contributed by atoms with Crippen molar-refractivity contribution >= 4 is 7.82 Å². The first-order valence-electron chi connectivity index (χ1n) is 20.1. The molecule has 0 fully saturated rings. The van der Waals surface area contributed by atoms with Gasteiger partial charge >= 0.3 is 7.82 Å². The second kappa shape index (κ2) is 28.6. The van der Waals surface area contributed by atoms with Crippen molar-refractivity contribution in [2.45, 2.75) is 164 Å². The Morgan fingerprint density at radius 1 is 0.521 bits per heavy atom. The molecule has 6 atom stereocenters. The van der Waals surface area contributed by atoms with Crippen molar-refractivity contribution in [1.82, 2.24) is 0 Å². The van der Waals surface area contributed by atoms with E-state index in [4.69, 9.17) is 18.5 Å². The molecule has 0 aliphatic rings. The Labute approximate surface area is 300 Å². The third kappa shape index (κ3) is 33.2. The highest BCUT2D eigenvalue weighted by molar-refractivity contribution is 7.47. The zero-order valence-corrected chi connectivity index (χ0v) is 34.9. The smallest absolute Gasteiger partial charge is 0.379 e. The summed E-state index contributed by atoms with van der Waals surface area (Å²) in [5.41, 5.74) is 0. The SMILES string of the molecule is CC(C)CCCC(C)CCCC(C)CCCC(C)CCOC(COCCC(C)CCCC(C)C)COP(=O)(O)OCCCC[N+](C)(C)C. The number of hydrogen-bond donors (Lipinski definition) is 1. The number of hydrogen-bond acceptors (Lipinski definition) is 5. The molecule has 0 saturated heterocycles. The Morgan fingerprint density at radius 2 is 0.958 bits per heavy atom. The van der Waals surface area contributed by atoms with Crippen LogP contribution in [0.5, 0.6) is 0 Å². The molecule has 0 spiro atoms. The van der Waals surface area contributed by atoms with Gasteiger partial charge in [-0.1, -0.05) is 132 Å². The van der Waals surface area contributed by atoms with Crippen LogP contribution < -0.4 is 0 Å². The summed E-state index contributed by atoms with van der Waals surface area (Å²) in [5.74, 6) is 4.42. The molecule has 0 aromatic rings. The summed E-state index contributed by atoms with van der Waals surface area (Å²) in [7, 11) is 2.27. The average Bonchev–Trinajstić information content (AvgIpc) is 2.96. The lowest BCUT2D eigenvalue weighted by Gasteiger charge is -2.24. The molecule has 0 aromatic carbocycles. The van der Waals surface area contributed by atoms with Crippen LogP contribution in [0, 0.1) is 35.5 Å². The summed E-state index contributed by atoms with van der Waals surface area (Å²) in [6.07, 6.45) is 18.9. The number of quaternary nitrogens is 1. The highest BCUT2D eigenvalue weighted by Crippen LogP contribution is 2.43. The number of ether oxygens (including phenoxy) is 2. The van der Waals surface area contributed by atoms with Crippen LogP contribution in [-0.4, -0.2) is 76.2 Å². The van der Waals surface area contributed by atoms with Gasteiger partial charge in [0.1, 0.15) is 6.10 Å². The fourth-order valence-electron chi connectivity index (χ4n) is 6.12. The first-order chi connectivity index (χ1) is 22.5. The second-order valence-electron chi connectivity index (χ2n) is 17.4. The lowest BCUT2D eigenvalue weighted by atomic mass is 9.91. The monoisotopic (exact) mass is 707 g/mol. The fourth-order valence-corrected chi connectivity index (χ4v) is 6.91. The summed E-state index contributed by atoms with van der Waals surface area (Å²) in [4.78, 5) is 10.3. The quantitative estimate of drug-likeness (QED) is 0.0408. The predicted octanol–water partition coefficient (Wildman–Crippen LogP) is 11.3. The molecule has 0 aromatic heterocycles. The molecule has 48 heavy (non-hydrogen) atoms. The molecule has 0 heterocycles. The highest BCUT2D eigenvalue weighted by Gasteiger charge is 2.24. The Kier molecular flexibility index (Phi) is 28.6. The zero-order chi connectivity index (χ0) is 36.4. The van der Waals surface area contributed by atoms with E-state index in [-0.39, 0.29) is 13.2 Å². The van der Waals surface area contributed by atoms with Gasteiger partial charge in [0, 0.05) is 13.2 Å². The number of rotatable bonds is 34. The van der Waals surface area contributed by atoms with Gasteiger partial charge < -0.3 is 18.9 Å². The lowest BCUT2D eigenvalue weighted by molar-refractivity contribution is -0.870. The first-order valence-corrected chi connectivity index (χ1v) is 21.6. The van der Waals surface area contributed by atoms with E-state index >= 15 is 0 Å². The first kappa shape index (κ1) is 48.0. The van der Waals surface area contributed by atoms with E-state index in [1.165, 1.54) is 77.0 Å². The van der Waals surface area contributed by atoms with E-state index < -0.39 is 13.9 Å². The number of nitrogens with zero attached hydrogens (tertiary/aromatic N) is 1. The van der Waals surface area contributed by atoms with Crippen LogP contribution in [0.25, 0.3) is 0 Å². The van der Waals surface area contributed by atoms with Crippen LogP contribution in [0.15, 0.2) is 0 Å². The molecular formula is C40H85NO6P+. The summed E-state index contributed by atoms with van der Waals surface area (Å²) in [6.45, 7) is 21.4. The maximum absolute atomic E-state index is 12.6. The molecule has 0 radical (unpaired) electrons. The molecule has 6 unspecified atom stereocenters. The Morgan fingerprint density at radius 3 is 1.42 bits per heavy atom. The highest BCUT2D eigenvalue weighted by atomic mass is 31.2. The van der Waals surface area contributed by atoms with Gasteiger partial charge in [-0.2, -0.15) is 0 Å². The number of phosphoric acid groups is 1. The molecule has 0 saturated carbocycles. The summed E-state index contributed by atoms with van der Waals surface area (Å²) >= 11 is 0. The molecule has 0 aliphatic heterocycles. The van der Waals surface area contributed by atoms with E-state index in [1.807, 2.05) is 0 Å². The van der Waals surface area contributed by atoms with Gasteiger partial charge in [-0.25, -0.2) is 4.57 Å². The third-order valence-corrected chi connectivity index (χ3v) is 10.7. The molecule has 0 bridgehead atoms. The minimum atomic E-state index is -4.14. The number of phosphoric ester groups is 1. The van der Waals surface area contributed by atoms with E-state index in [1.54, 1.807) is 0 Å². The van der Waals surface area contributed by atoms with Crippen molar-refractivity contribution in [2.75, 3.05) is 60.7 Å². The minimum absolute atomic E-state index is 0.0150. The van der Waals surface area contributed by atoms with Gasteiger partial charge in [-0.3, -0.25) is 9.05 Å². The largest absolute Gasteiger partial charge is 0.472 e. The summed E-state index contributed by atoms with van der Waals surface area (Å²) in [6, 6.07) is 0. The van der Waals surface area contributed by atoms with Crippen molar-refractivity contribution in [3.63, 3.8) is 0 Å². The Bertz CT molecular complexity index is 773. The van der Waals surface area contributed by atoms with Gasteiger partial charge in [0.25, 0.3) is 0 Å². The second-order valence-corrected chi connectivity index (χ2v) is 18.8. The van der Waals surface area contributed by atoms with Crippen molar-refractivity contribution < 1.29 is 32.5 Å². The van der Waals surface area contributed by atoms with Crippen molar-refractivity contribution in [2.24, 2.45) is 35.5 Å². The van der Waals surface area contributed by atoms with Crippen LogP contribution in [0.3, 0.4) is 0 Å². The fraction of sp³-hybridized carbons (Fsp3) is 1.00. The summed E-state index contributed by atoms with van der Waals surface area (Å²) < 4.78 is 36.3. The zero-order valence-electron chi connectivity index (χ0n) is 34.0. The maximum atomic E-state index is 12.6. The van der Waals surface area contributed by atoms with Crippen LogP contribution in [0.4, 0.5) is 0 Å². The molecule has 7 nitrogen and oxygen atoms in total. The molecule has 0 aliphatic carbocycles. The third-order valence-electron chi connectivity index (χ3n) is 9.67. The van der Waals surface area contributed by atoms with Crippen molar-refractivity contribution in [1.29, 1.82) is 0 Å². The minimum Gasteiger partial charge on any atom is -0.379 e. The van der Waals surface area contributed by atoms with Gasteiger partial charge in [0.15, 0.2) is 0 Å². The summed E-state index contributed by atoms with van der Waals surface area (Å²) in [5, 5.41) is 0. The van der Waals surface area contributed by atoms with Crippen LogP contribution in [0.1, 0.15) is 158 Å². The van der Waals surface area contributed by atoms with Gasteiger partial charge in [0.2, 0.25) is 0 Å². The molecule has 8 heteroatoms. The van der Waals surface area contributed by atoms with E-state index in [9.17, 15) is 9.46 Å². The number of unbranched alkanes of at least 4 members (excludes halogenated alkanes) is 1. The average molecular weight is 707 g/mol. The molecule has 0 amide bonds. The van der Waals surface area contributed by atoms with Crippen LogP contribution in [-0.2, 0) is 23.1 Å². The van der Waals surface area contributed by atoms with Crippen LogP contribution in [0.2, 0.25) is 0 Å². The molecule has 290 valence electrons. The molecule has 1 N–H and O–H groups in total. The molecule has 0 rings (SSSR count). The van der Waals surface area contributed by atoms with E-state index in [0.29, 0.717) is 31.7 Å². The van der Waals surface area contributed by atoms with E-state index in [0.717, 1.165) is 60.4 Å².